The van der Waals surface area contributed by atoms with Gasteiger partial charge in [-0.2, -0.15) is 0 Å². The van der Waals surface area contributed by atoms with Crippen LogP contribution in [0.15, 0.2) is 51.8 Å². The number of hydrogen-bond acceptors (Lipinski definition) is 5. The van der Waals surface area contributed by atoms with Crippen LogP contribution in [0.1, 0.15) is 35.0 Å². The number of aromatic nitrogens is 1. The topological polar surface area (TPSA) is 89.3 Å². The van der Waals surface area contributed by atoms with Crippen molar-refractivity contribution < 1.29 is 17.6 Å². The smallest absolute Gasteiger partial charge is 0.255 e. The Balaban J connectivity index is 1.54. The summed E-state index contributed by atoms with van der Waals surface area (Å²) in [6.45, 7) is 0. The number of hydrogen-bond donors (Lipinski definition) is 1. The molecule has 7 heteroatoms. The van der Waals surface area contributed by atoms with Crippen molar-refractivity contribution in [1.29, 1.82) is 0 Å². The molecule has 1 fully saturated rings. The summed E-state index contributed by atoms with van der Waals surface area (Å²) in [4.78, 5) is 17.0. The van der Waals surface area contributed by atoms with E-state index in [1.165, 1.54) is 24.3 Å². The standard InChI is InChI=1S/C18H16N2O4S/c1-25(22,23)14-7-4-11(5-8-14)17(21)19-13-6-9-16-15(10-13)20-18(24-16)12-2-3-12/h4-10,12H,2-3H2,1H3,(H,19,21). The molecule has 1 aromatic heterocycles. The monoisotopic (exact) mass is 356 g/mol. The highest BCUT2D eigenvalue weighted by atomic mass is 32.2. The number of amides is 1. The molecule has 0 bridgehead atoms. The van der Waals surface area contributed by atoms with Gasteiger partial charge in [-0.1, -0.05) is 0 Å². The molecule has 0 saturated heterocycles. The van der Waals surface area contributed by atoms with Crippen molar-refractivity contribution in [3.05, 3.63) is 53.9 Å². The van der Waals surface area contributed by atoms with E-state index >= 15 is 0 Å². The number of fused-ring (bicyclic) bond motifs is 1. The van der Waals surface area contributed by atoms with Gasteiger partial charge in [-0.05, 0) is 55.3 Å². The highest BCUT2D eigenvalue weighted by Gasteiger charge is 2.28. The Morgan fingerprint density at radius 2 is 1.88 bits per heavy atom. The molecule has 1 N–H and O–H groups in total. The van der Waals surface area contributed by atoms with Gasteiger partial charge < -0.3 is 9.73 Å². The summed E-state index contributed by atoms with van der Waals surface area (Å²) in [7, 11) is -3.28. The van der Waals surface area contributed by atoms with E-state index in [9.17, 15) is 13.2 Å². The Labute approximate surface area is 144 Å². The normalized spacial score (nSPS) is 14.6. The van der Waals surface area contributed by atoms with Crippen LogP contribution in [0.3, 0.4) is 0 Å². The van der Waals surface area contributed by atoms with Crippen molar-refractivity contribution in [2.24, 2.45) is 0 Å². The summed E-state index contributed by atoms with van der Waals surface area (Å²) in [5.41, 5.74) is 2.41. The van der Waals surface area contributed by atoms with Gasteiger partial charge in [-0.25, -0.2) is 13.4 Å². The van der Waals surface area contributed by atoms with Gasteiger partial charge in [0, 0.05) is 23.4 Å². The summed E-state index contributed by atoms with van der Waals surface area (Å²) in [6.07, 6.45) is 3.35. The first-order valence-electron chi connectivity index (χ1n) is 7.92. The summed E-state index contributed by atoms with van der Waals surface area (Å²) >= 11 is 0. The second-order valence-electron chi connectivity index (χ2n) is 6.26. The molecular weight excluding hydrogens is 340 g/mol. The third-order valence-corrected chi connectivity index (χ3v) is 5.26. The molecule has 1 aliphatic rings. The number of nitrogens with one attached hydrogen (secondary N) is 1. The third-order valence-electron chi connectivity index (χ3n) is 4.13. The van der Waals surface area contributed by atoms with Crippen LogP contribution >= 0.6 is 0 Å². The van der Waals surface area contributed by atoms with Gasteiger partial charge >= 0.3 is 0 Å². The fourth-order valence-corrected chi connectivity index (χ4v) is 3.22. The molecule has 0 radical (unpaired) electrons. The third kappa shape index (κ3) is 3.28. The molecule has 0 spiro atoms. The summed E-state index contributed by atoms with van der Waals surface area (Å²) in [5.74, 6) is 0.874. The molecule has 6 nitrogen and oxygen atoms in total. The Bertz CT molecular complexity index is 1060. The van der Waals surface area contributed by atoms with Gasteiger partial charge in [-0.15, -0.1) is 0 Å². The number of carbonyl (C=O) groups is 1. The van der Waals surface area contributed by atoms with E-state index in [0.717, 1.165) is 25.0 Å². The lowest BCUT2D eigenvalue weighted by Crippen LogP contribution is -2.12. The fourth-order valence-electron chi connectivity index (χ4n) is 2.58. The van der Waals surface area contributed by atoms with Crippen molar-refractivity contribution in [2.75, 3.05) is 11.6 Å². The van der Waals surface area contributed by atoms with Crippen LogP contribution in [0.2, 0.25) is 0 Å². The van der Waals surface area contributed by atoms with Crippen molar-refractivity contribution in [1.82, 2.24) is 4.98 Å². The SMILES string of the molecule is CS(=O)(=O)c1ccc(C(=O)Nc2ccc3oc(C4CC4)nc3c2)cc1. The highest BCUT2D eigenvalue weighted by molar-refractivity contribution is 7.90. The Kier molecular flexibility index (Phi) is 3.61. The summed E-state index contributed by atoms with van der Waals surface area (Å²) < 4.78 is 28.6. The molecule has 1 heterocycles. The van der Waals surface area contributed by atoms with E-state index in [1.54, 1.807) is 18.2 Å². The first-order valence-corrected chi connectivity index (χ1v) is 9.81. The molecule has 0 unspecified atom stereocenters. The van der Waals surface area contributed by atoms with Crippen molar-refractivity contribution in [2.45, 2.75) is 23.7 Å². The molecule has 25 heavy (non-hydrogen) atoms. The minimum absolute atomic E-state index is 0.181. The number of benzene rings is 2. The second kappa shape index (κ2) is 5.70. The maximum absolute atomic E-state index is 12.3. The maximum Gasteiger partial charge on any atom is 0.255 e. The van der Waals surface area contributed by atoms with E-state index in [2.05, 4.69) is 10.3 Å². The lowest BCUT2D eigenvalue weighted by molar-refractivity contribution is 0.102. The molecule has 4 rings (SSSR count). The van der Waals surface area contributed by atoms with Gasteiger partial charge in [0.1, 0.15) is 5.52 Å². The lowest BCUT2D eigenvalue weighted by atomic mass is 10.2. The minimum atomic E-state index is -3.28. The fraction of sp³-hybridized carbons (Fsp3) is 0.222. The van der Waals surface area contributed by atoms with Gasteiger partial charge in [0.2, 0.25) is 0 Å². The van der Waals surface area contributed by atoms with E-state index in [1.807, 2.05) is 0 Å². The van der Waals surface area contributed by atoms with Gasteiger partial charge in [-0.3, -0.25) is 4.79 Å². The number of carbonyl (C=O) groups excluding carboxylic acids is 1. The average molecular weight is 356 g/mol. The average Bonchev–Trinajstić information content (AvgIpc) is 3.34. The number of sulfone groups is 1. The first kappa shape index (κ1) is 15.8. The Morgan fingerprint density at radius 3 is 2.52 bits per heavy atom. The zero-order valence-electron chi connectivity index (χ0n) is 13.5. The predicted molar refractivity (Wildman–Crippen MR) is 93.5 cm³/mol. The van der Waals surface area contributed by atoms with Crippen LogP contribution in [0, 0.1) is 0 Å². The lowest BCUT2D eigenvalue weighted by Gasteiger charge is -2.05. The molecule has 1 saturated carbocycles. The molecule has 1 aliphatic carbocycles. The number of nitrogens with zero attached hydrogens (tertiary/aromatic N) is 1. The number of rotatable bonds is 4. The minimum Gasteiger partial charge on any atom is -0.440 e. The van der Waals surface area contributed by atoms with Crippen molar-refractivity contribution in [3.63, 3.8) is 0 Å². The summed E-state index contributed by atoms with van der Waals surface area (Å²) in [5, 5.41) is 2.79. The van der Waals surface area contributed by atoms with Crippen LogP contribution in [-0.4, -0.2) is 25.6 Å². The van der Waals surface area contributed by atoms with Gasteiger partial charge in [0.25, 0.3) is 5.91 Å². The molecule has 0 atom stereocenters. The van der Waals surface area contributed by atoms with Crippen LogP contribution in [0.5, 0.6) is 0 Å². The van der Waals surface area contributed by atoms with E-state index in [-0.39, 0.29) is 10.8 Å². The van der Waals surface area contributed by atoms with Crippen LogP contribution in [0.25, 0.3) is 11.1 Å². The van der Waals surface area contributed by atoms with Gasteiger partial charge in [0.05, 0.1) is 4.90 Å². The van der Waals surface area contributed by atoms with E-state index in [4.69, 9.17) is 4.42 Å². The number of anilines is 1. The van der Waals surface area contributed by atoms with Crippen LogP contribution in [-0.2, 0) is 9.84 Å². The van der Waals surface area contributed by atoms with Crippen LogP contribution < -0.4 is 5.32 Å². The zero-order chi connectivity index (χ0) is 17.6. The number of oxazole rings is 1. The van der Waals surface area contributed by atoms with Gasteiger partial charge in [0.15, 0.2) is 21.3 Å². The molecule has 3 aromatic rings. The van der Waals surface area contributed by atoms with E-state index in [0.29, 0.717) is 28.3 Å². The Morgan fingerprint density at radius 1 is 1.16 bits per heavy atom. The predicted octanol–water partition coefficient (Wildman–Crippen LogP) is 3.36. The largest absolute Gasteiger partial charge is 0.440 e. The summed E-state index contributed by atoms with van der Waals surface area (Å²) in [6, 6.07) is 11.1. The molecule has 0 aliphatic heterocycles. The Hall–Kier alpha value is -2.67. The van der Waals surface area contributed by atoms with Crippen molar-refractivity contribution >= 4 is 32.5 Å². The van der Waals surface area contributed by atoms with Crippen LogP contribution in [0.4, 0.5) is 5.69 Å². The molecule has 1 amide bonds. The molecular formula is C18H16N2O4S. The molecule has 128 valence electrons. The molecule has 2 aromatic carbocycles. The highest BCUT2D eigenvalue weighted by Crippen LogP contribution is 2.40. The first-order chi connectivity index (χ1) is 11.9. The zero-order valence-corrected chi connectivity index (χ0v) is 14.3. The van der Waals surface area contributed by atoms with Crippen molar-refractivity contribution in [3.8, 4) is 0 Å². The second-order valence-corrected chi connectivity index (χ2v) is 8.28. The quantitative estimate of drug-likeness (QED) is 0.774. The maximum atomic E-state index is 12.3. The van der Waals surface area contributed by atoms with E-state index < -0.39 is 9.84 Å².